The molecule has 33 heavy (non-hydrogen) atoms. The van der Waals surface area contributed by atoms with Crippen LogP contribution in [0.4, 0.5) is 0 Å². The van der Waals surface area contributed by atoms with Crippen molar-refractivity contribution in [2.24, 2.45) is 0 Å². The van der Waals surface area contributed by atoms with Gasteiger partial charge in [-0.25, -0.2) is 0 Å². The zero-order valence-corrected chi connectivity index (χ0v) is 21.4. The van der Waals surface area contributed by atoms with Gasteiger partial charge in [0.25, 0.3) is 0 Å². The van der Waals surface area contributed by atoms with Gasteiger partial charge < -0.3 is 0 Å². The number of hydrogen-bond acceptors (Lipinski definition) is 0. The Bertz CT molecular complexity index is 1150. The highest BCUT2D eigenvalue weighted by atomic mass is 28.3. The summed E-state index contributed by atoms with van der Waals surface area (Å²) in [5.74, 6) is 0.502. The average Bonchev–Trinajstić information content (AvgIpc) is 3.37. The number of hydrogen-bond donors (Lipinski definition) is 0. The lowest BCUT2D eigenvalue weighted by molar-refractivity contribution is 0.701. The van der Waals surface area contributed by atoms with E-state index in [1.807, 2.05) is 0 Å². The Balaban J connectivity index is 1.47. The second-order valence-corrected chi connectivity index (χ2v) is 15.5. The molecule has 0 aromatic heterocycles. The molecule has 0 aliphatic heterocycles. The van der Waals surface area contributed by atoms with E-state index in [1.54, 1.807) is 11.1 Å². The molecule has 2 aliphatic carbocycles. The van der Waals surface area contributed by atoms with E-state index in [4.69, 9.17) is 0 Å². The summed E-state index contributed by atoms with van der Waals surface area (Å²) in [7, 11) is -1.59. The largest absolute Gasteiger partial charge is 0.103 e. The second-order valence-electron chi connectivity index (χ2n) is 10.5. The lowest BCUT2D eigenvalue weighted by Crippen LogP contribution is -2.40. The molecule has 2 atom stereocenters. The third kappa shape index (κ3) is 3.77. The van der Waals surface area contributed by atoms with Crippen LogP contribution in [0.2, 0.25) is 18.6 Å². The summed E-state index contributed by atoms with van der Waals surface area (Å²) in [4.78, 5) is 0. The fraction of sp³-hybridized carbons (Fsp3) is 0.312. The number of fused-ring (bicyclic) bond motifs is 4. The fourth-order valence-electron chi connectivity index (χ4n) is 6.80. The van der Waals surface area contributed by atoms with Crippen molar-refractivity contribution in [1.82, 2.24) is 0 Å². The smallest absolute Gasteiger partial charge is 0.0633 e. The Kier molecular flexibility index (Phi) is 6.01. The Morgan fingerprint density at radius 1 is 0.848 bits per heavy atom. The van der Waals surface area contributed by atoms with Crippen LogP contribution in [0.25, 0.3) is 17.2 Å². The van der Waals surface area contributed by atoms with Crippen molar-refractivity contribution < 1.29 is 0 Å². The minimum Gasteiger partial charge on any atom is -0.103 e. The van der Waals surface area contributed by atoms with Gasteiger partial charge in [0.15, 0.2) is 0 Å². The summed E-state index contributed by atoms with van der Waals surface area (Å²) in [5, 5.41) is 0. The molecule has 3 aromatic carbocycles. The van der Waals surface area contributed by atoms with Crippen LogP contribution in [-0.2, 0) is 0 Å². The van der Waals surface area contributed by atoms with Crippen molar-refractivity contribution in [1.29, 1.82) is 0 Å². The molecule has 0 amide bonds. The van der Waals surface area contributed by atoms with E-state index >= 15 is 0 Å². The summed E-state index contributed by atoms with van der Waals surface area (Å²) in [6, 6.07) is 27.3. The normalized spacial score (nSPS) is 17.8. The summed E-state index contributed by atoms with van der Waals surface area (Å²) in [6.45, 7) is 11.7. The zero-order valence-electron chi connectivity index (χ0n) is 20.4. The predicted octanol–water partition coefficient (Wildman–Crippen LogP) is 9.36. The number of allylic oxidation sites excluding steroid dienone is 2. The van der Waals surface area contributed by atoms with Crippen molar-refractivity contribution in [2.75, 3.05) is 0 Å². The lowest BCUT2D eigenvalue weighted by atomic mass is 9.90. The molecule has 2 unspecified atom stereocenters. The summed E-state index contributed by atoms with van der Waals surface area (Å²) in [5.41, 5.74) is 12.0. The van der Waals surface area contributed by atoms with Crippen LogP contribution < -0.4 is 0 Å². The first kappa shape index (κ1) is 22.2. The minimum atomic E-state index is -1.59. The van der Waals surface area contributed by atoms with E-state index in [-0.39, 0.29) is 0 Å². The fourth-order valence-corrected chi connectivity index (χ4v) is 11.3. The van der Waals surface area contributed by atoms with Gasteiger partial charge in [0, 0.05) is 11.5 Å². The van der Waals surface area contributed by atoms with Crippen LogP contribution in [-0.4, -0.2) is 8.07 Å². The van der Waals surface area contributed by atoms with Gasteiger partial charge in [0.05, 0.1) is 8.07 Å². The highest BCUT2D eigenvalue weighted by Crippen LogP contribution is 2.52. The van der Waals surface area contributed by atoms with Gasteiger partial charge in [-0.2, -0.15) is 0 Å². The Labute approximate surface area is 201 Å². The molecule has 2 aliphatic rings. The SMILES string of the molecule is C=CCC(CC)[Si](C)(C)C1C(CCC2c3ccccc3-c3ccccc32)=Cc2ccccc21. The summed E-state index contributed by atoms with van der Waals surface area (Å²) in [6.07, 6.45) is 9.45. The molecule has 0 N–H and O–H groups in total. The van der Waals surface area contributed by atoms with Crippen LogP contribution in [0, 0.1) is 0 Å². The topological polar surface area (TPSA) is 0 Å². The van der Waals surface area contributed by atoms with Crippen LogP contribution in [0.15, 0.2) is 91.0 Å². The van der Waals surface area contributed by atoms with E-state index < -0.39 is 8.07 Å². The van der Waals surface area contributed by atoms with E-state index in [2.05, 4.69) is 112 Å². The third-order valence-electron chi connectivity index (χ3n) is 8.44. The van der Waals surface area contributed by atoms with Gasteiger partial charge in [0.2, 0.25) is 0 Å². The molecule has 0 radical (unpaired) electrons. The molecule has 0 heterocycles. The van der Waals surface area contributed by atoms with Gasteiger partial charge in [0.1, 0.15) is 0 Å². The number of benzene rings is 3. The Morgan fingerprint density at radius 2 is 1.42 bits per heavy atom. The van der Waals surface area contributed by atoms with Crippen molar-refractivity contribution in [2.45, 2.75) is 62.7 Å². The van der Waals surface area contributed by atoms with E-state index in [1.165, 1.54) is 47.1 Å². The predicted molar refractivity (Wildman–Crippen MR) is 146 cm³/mol. The maximum Gasteiger partial charge on any atom is 0.0633 e. The van der Waals surface area contributed by atoms with Crippen LogP contribution in [0.1, 0.15) is 66.3 Å². The zero-order chi connectivity index (χ0) is 23.0. The van der Waals surface area contributed by atoms with Crippen molar-refractivity contribution in [3.8, 4) is 11.1 Å². The average molecular weight is 449 g/mol. The van der Waals surface area contributed by atoms with Crippen molar-refractivity contribution in [3.63, 3.8) is 0 Å². The van der Waals surface area contributed by atoms with Crippen molar-refractivity contribution in [3.05, 3.63) is 113 Å². The first-order chi connectivity index (χ1) is 16.1. The summed E-state index contributed by atoms with van der Waals surface area (Å²) >= 11 is 0. The maximum atomic E-state index is 4.09. The first-order valence-corrected chi connectivity index (χ1v) is 15.8. The lowest BCUT2D eigenvalue weighted by Gasteiger charge is -2.39. The van der Waals surface area contributed by atoms with E-state index in [0.717, 1.165) is 12.0 Å². The molecule has 0 saturated heterocycles. The van der Waals surface area contributed by atoms with Crippen LogP contribution in [0.3, 0.4) is 0 Å². The van der Waals surface area contributed by atoms with Gasteiger partial charge in [-0.05, 0) is 58.2 Å². The molecule has 3 aromatic rings. The Morgan fingerprint density at radius 3 is 2.03 bits per heavy atom. The van der Waals surface area contributed by atoms with Gasteiger partial charge in [-0.15, -0.1) is 6.58 Å². The third-order valence-corrected chi connectivity index (χ3v) is 13.4. The Hall–Kier alpha value is -2.64. The van der Waals surface area contributed by atoms with E-state index in [9.17, 15) is 0 Å². The second kappa shape index (κ2) is 8.95. The highest BCUT2D eigenvalue weighted by Gasteiger charge is 2.43. The molecule has 0 nitrogen and oxygen atoms in total. The highest BCUT2D eigenvalue weighted by molar-refractivity contribution is 6.81. The molecule has 1 heteroatoms. The van der Waals surface area contributed by atoms with Crippen molar-refractivity contribution >= 4 is 14.1 Å². The molecule has 5 rings (SSSR count). The monoisotopic (exact) mass is 448 g/mol. The van der Waals surface area contributed by atoms with Gasteiger partial charge in [-0.1, -0.05) is 117 Å². The molecule has 168 valence electrons. The van der Waals surface area contributed by atoms with Gasteiger partial charge in [-0.3, -0.25) is 0 Å². The maximum absolute atomic E-state index is 4.09. The molecule has 0 saturated carbocycles. The standard InChI is InChI=1S/C32H36Si/c1-5-13-25(6-2)33(3,4)32-24(22-23-14-7-8-15-26(23)32)20-21-31-29-18-11-9-16-27(29)28-17-10-12-19-30(28)31/h5,7-12,14-19,22,25,31-32H,1,6,13,20-21H2,2-4H3. The van der Waals surface area contributed by atoms with Gasteiger partial charge >= 0.3 is 0 Å². The molecule has 0 fully saturated rings. The quantitative estimate of drug-likeness (QED) is 0.238. The minimum absolute atomic E-state index is 0.502. The van der Waals surface area contributed by atoms with Crippen LogP contribution in [0.5, 0.6) is 0 Å². The molecule has 0 bridgehead atoms. The van der Waals surface area contributed by atoms with Crippen LogP contribution >= 0.6 is 0 Å². The summed E-state index contributed by atoms with van der Waals surface area (Å²) < 4.78 is 0. The molecule has 0 spiro atoms. The first-order valence-electron chi connectivity index (χ1n) is 12.6. The van der Waals surface area contributed by atoms with E-state index in [0.29, 0.717) is 11.5 Å². The molecular formula is C32H36Si. The molecular weight excluding hydrogens is 412 g/mol. The number of rotatable bonds is 8.